The number of methoxy groups -OCH3 is 1. The second-order valence-corrected chi connectivity index (χ2v) is 4.96. The number of carbonyl (C=O) groups excluding carboxylic acids is 1. The molecule has 0 radical (unpaired) electrons. The second kappa shape index (κ2) is 5.63. The van der Waals surface area contributed by atoms with Crippen molar-refractivity contribution < 1.29 is 9.53 Å². The van der Waals surface area contributed by atoms with Gasteiger partial charge in [0.15, 0.2) is 0 Å². The summed E-state index contributed by atoms with van der Waals surface area (Å²) in [4.78, 5) is 11.1. The van der Waals surface area contributed by atoms with Crippen LogP contribution in [0.5, 0.6) is 0 Å². The molecule has 1 aliphatic rings. The molecule has 5 heteroatoms. The van der Waals surface area contributed by atoms with Crippen LogP contribution in [0.15, 0.2) is 23.8 Å². The molecule has 1 unspecified atom stereocenters. The fourth-order valence-corrected chi connectivity index (χ4v) is 2.28. The number of rotatable bonds is 2. The van der Waals surface area contributed by atoms with Crippen molar-refractivity contribution in [2.45, 2.75) is 18.9 Å². The fourth-order valence-electron chi connectivity index (χ4n) is 1.81. The van der Waals surface area contributed by atoms with Crippen molar-refractivity contribution in [3.8, 4) is 0 Å². The highest BCUT2D eigenvalue weighted by molar-refractivity contribution is 6.35. The van der Waals surface area contributed by atoms with Gasteiger partial charge in [0.05, 0.1) is 13.2 Å². The third-order valence-electron chi connectivity index (χ3n) is 2.95. The SMILES string of the molecule is COC(=O)NC1CC/C1=C/c1ccc(Cl)cc1Cl. The highest BCUT2D eigenvalue weighted by atomic mass is 35.5. The van der Waals surface area contributed by atoms with E-state index in [1.807, 2.05) is 12.1 Å². The van der Waals surface area contributed by atoms with Crippen molar-refractivity contribution >= 4 is 35.4 Å². The number of ether oxygens (including phenoxy) is 1. The van der Waals surface area contributed by atoms with E-state index >= 15 is 0 Å². The van der Waals surface area contributed by atoms with E-state index < -0.39 is 6.09 Å². The van der Waals surface area contributed by atoms with Crippen LogP contribution in [0.4, 0.5) is 4.79 Å². The van der Waals surface area contributed by atoms with E-state index in [4.69, 9.17) is 23.2 Å². The summed E-state index contributed by atoms with van der Waals surface area (Å²) >= 11 is 11.9. The Morgan fingerprint density at radius 3 is 2.83 bits per heavy atom. The number of halogens is 2. The maximum atomic E-state index is 11.1. The van der Waals surface area contributed by atoms with Gasteiger partial charge >= 0.3 is 6.09 Å². The van der Waals surface area contributed by atoms with E-state index in [0.717, 1.165) is 24.0 Å². The maximum Gasteiger partial charge on any atom is 0.407 e. The molecule has 0 heterocycles. The Hall–Kier alpha value is -1.19. The molecule has 2 rings (SSSR count). The lowest BCUT2D eigenvalue weighted by Crippen LogP contribution is -2.41. The zero-order valence-corrected chi connectivity index (χ0v) is 11.4. The zero-order valence-electron chi connectivity index (χ0n) is 9.87. The molecule has 1 amide bonds. The Bertz CT molecular complexity index is 500. The summed E-state index contributed by atoms with van der Waals surface area (Å²) in [7, 11) is 1.35. The molecule has 1 aliphatic carbocycles. The van der Waals surface area contributed by atoms with Gasteiger partial charge in [-0.15, -0.1) is 0 Å². The van der Waals surface area contributed by atoms with Gasteiger partial charge in [-0.3, -0.25) is 0 Å². The number of hydrogen-bond acceptors (Lipinski definition) is 2. The molecule has 1 aromatic carbocycles. The van der Waals surface area contributed by atoms with Crippen LogP contribution in [-0.2, 0) is 4.74 Å². The van der Waals surface area contributed by atoms with Crippen LogP contribution in [0.25, 0.3) is 6.08 Å². The van der Waals surface area contributed by atoms with Gasteiger partial charge in [0.25, 0.3) is 0 Å². The van der Waals surface area contributed by atoms with Gasteiger partial charge in [0, 0.05) is 10.0 Å². The van der Waals surface area contributed by atoms with E-state index in [-0.39, 0.29) is 6.04 Å². The van der Waals surface area contributed by atoms with Crippen LogP contribution >= 0.6 is 23.2 Å². The van der Waals surface area contributed by atoms with Gasteiger partial charge < -0.3 is 10.1 Å². The molecule has 0 bridgehead atoms. The Kier molecular flexibility index (Phi) is 4.15. The molecule has 1 aromatic rings. The summed E-state index contributed by atoms with van der Waals surface area (Å²) in [6, 6.07) is 5.41. The average Bonchev–Trinajstić information content (AvgIpc) is 2.33. The highest BCUT2D eigenvalue weighted by Crippen LogP contribution is 2.31. The molecule has 0 saturated heterocycles. The molecule has 0 aromatic heterocycles. The first-order valence-electron chi connectivity index (χ1n) is 5.60. The first-order valence-corrected chi connectivity index (χ1v) is 6.35. The minimum Gasteiger partial charge on any atom is -0.453 e. The molecule has 1 fully saturated rings. The van der Waals surface area contributed by atoms with Gasteiger partial charge in [-0.1, -0.05) is 35.3 Å². The van der Waals surface area contributed by atoms with E-state index in [9.17, 15) is 4.79 Å². The van der Waals surface area contributed by atoms with Crippen LogP contribution in [0.2, 0.25) is 10.0 Å². The van der Waals surface area contributed by atoms with E-state index in [1.54, 1.807) is 12.1 Å². The summed E-state index contributed by atoms with van der Waals surface area (Å²) in [6.45, 7) is 0. The normalized spacial score (nSPS) is 20.4. The predicted molar refractivity (Wildman–Crippen MR) is 73.0 cm³/mol. The Balaban J connectivity index is 2.11. The lowest BCUT2D eigenvalue weighted by Gasteiger charge is -2.30. The van der Waals surface area contributed by atoms with Crippen LogP contribution in [0.3, 0.4) is 0 Å². The molecule has 1 saturated carbocycles. The Morgan fingerprint density at radius 2 is 2.28 bits per heavy atom. The molecule has 0 spiro atoms. The molecule has 3 nitrogen and oxygen atoms in total. The van der Waals surface area contributed by atoms with Crippen molar-refractivity contribution in [1.82, 2.24) is 5.32 Å². The topological polar surface area (TPSA) is 38.3 Å². The van der Waals surface area contributed by atoms with Gasteiger partial charge in [-0.05, 0) is 36.1 Å². The number of benzene rings is 1. The third kappa shape index (κ3) is 2.98. The predicted octanol–water partition coefficient (Wildman–Crippen LogP) is 3.90. The number of amides is 1. The van der Waals surface area contributed by atoms with Gasteiger partial charge in [-0.2, -0.15) is 0 Å². The quantitative estimate of drug-likeness (QED) is 0.895. The lowest BCUT2D eigenvalue weighted by molar-refractivity contribution is 0.165. The summed E-state index contributed by atoms with van der Waals surface area (Å²) in [5.41, 5.74) is 2.05. The summed E-state index contributed by atoms with van der Waals surface area (Å²) < 4.78 is 4.57. The highest BCUT2D eigenvalue weighted by Gasteiger charge is 2.26. The maximum absolute atomic E-state index is 11.1. The molecular weight excluding hydrogens is 273 g/mol. The molecule has 96 valence electrons. The Labute approximate surface area is 116 Å². The Morgan fingerprint density at radius 1 is 1.50 bits per heavy atom. The smallest absolute Gasteiger partial charge is 0.407 e. The first kappa shape index (κ1) is 13.2. The molecule has 1 atom stereocenters. The fraction of sp³-hybridized carbons (Fsp3) is 0.308. The largest absolute Gasteiger partial charge is 0.453 e. The molecule has 1 N–H and O–H groups in total. The number of carbonyl (C=O) groups is 1. The first-order chi connectivity index (χ1) is 8.60. The van der Waals surface area contributed by atoms with Crippen molar-refractivity contribution in [2.75, 3.05) is 7.11 Å². The number of hydrogen-bond donors (Lipinski definition) is 1. The molecule has 0 aliphatic heterocycles. The zero-order chi connectivity index (χ0) is 13.1. The van der Waals surface area contributed by atoms with Gasteiger partial charge in [0.1, 0.15) is 0 Å². The van der Waals surface area contributed by atoms with Crippen molar-refractivity contribution in [2.24, 2.45) is 0 Å². The summed E-state index contributed by atoms with van der Waals surface area (Å²) in [5.74, 6) is 0. The molecule has 18 heavy (non-hydrogen) atoms. The van der Waals surface area contributed by atoms with Crippen LogP contribution in [-0.4, -0.2) is 19.2 Å². The van der Waals surface area contributed by atoms with Crippen molar-refractivity contribution in [3.63, 3.8) is 0 Å². The summed E-state index contributed by atoms with van der Waals surface area (Å²) in [6.07, 6.45) is 3.45. The van der Waals surface area contributed by atoms with Gasteiger partial charge in [-0.25, -0.2) is 4.79 Å². The van der Waals surface area contributed by atoms with Gasteiger partial charge in [0.2, 0.25) is 0 Å². The van der Waals surface area contributed by atoms with Crippen molar-refractivity contribution in [1.29, 1.82) is 0 Å². The van der Waals surface area contributed by atoms with Crippen LogP contribution in [0.1, 0.15) is 18.4 Å². The lowest BCUT2D eigenvalue weighted by atomic mass is 9.85. The van der Waals surface area contributed by atoms with E-state index in [0.29, 0.717) is 10.0 Å². The minimum absolute atomic E-state index is 0.0456. The van der Waals surface area contributed by atoms with E-state index in [1.165, 1.54) is 7.11 Å². The molecular formula is C13H13Cl2NO2. The van der Waals surface area contributed by atoms with Crippen molar-refractivity contribution in [3.05, 3.63) is 39.4 Å². The summed E-state index contributed by atoms with van der Waals surface area (Å²) in [5, 5.41) is 3.99. The van der Waals surface area contributed by atoms with E-state index in [2.05, 4.69) is 10.1 Å². The standard InChI is InChI=1S/C13H13Cl2NO2/c1-18-13(17)16-12-5-3-9(12)6-8-2-4-10(14)7-11(8)15/h2,4,6-7,12H,3,5H2,1H3,(H,16,17)/b9-6-. The average molecular weight is 286 g/mol. The monoisotopic (exact) mass is 285 g/mol. The second-order valence-electron chi connectivity index (χ2n) is 4.11. The minimum atomic E-state index is -0.409. The number of alkyl carbamates (subject to hydrolysis) is 1. The number of nitrogens with one attached hydrogen (secondary N) is 1. The van der Waals surface area contributed by atoms with Crippen LogP contribution in [0, 0.1) is 0 Å². The van der Waals surface area contributed by atoms with Crippen LogP contribution < -0.4 is 5.32 Å². The third-order valence-corrected chi connectivity index (χ3v) is 3.51.